The lowest BCUT2D eigenvalue weighted by Gasteiger charge is -2.22. The van der Waals surface area contributed by atoms with E-state index in [9.17, 15) is 9.18 Å². The Bertz CT molecular complexity index is 456. The molecule has 1 fully saturated rings. The van der Waals surface area contributed by atoms with Crippen LogP contribution < -0.4 is 5.32 Å². The van der Waals surface area contributed by atoms with Crippen LogP contribution in [0, 0.1) is 12.7 Å². The number of amides is 1. The zero-order valence-corrected chi connectivity index (χ0v) is 12.0. The maximum atomic E-state index is 13.6. The highest BCUT2D eigenvalue weighted by Gasteiger charge is 2.14. The van der Waals surface area contributed by atoms with Crippen LogP contribution in [-0.2, 0) is 4.74 Å². The molecule has 1 amide bonds. The second-order valence-electron chi connectivity index (χ2n) is 5.37. The molecule has 0 aliphatic heterocycles. The van der Waals surface area contributed by atoms with E-state index in [4.69, 9.17) is 4.74 Å². The lowest BCUT2D eigenvalue weighted by Crippen LogP contribution is -2.30. The van der Waals surface area contributed by atoms with Gasteiger partial charge in [0.2, 0.25) is 0 Å². The summed E-state index contributed by atoms with van der Waals surface area (Å²) in [5.41, 5.74) is 0.896. The third-order valence-corrected chi connectivity index (χ3v) is 3.66. The zero-order chi connectivity index (χ0) is 14.4. The van der Waals surface area contributed by atoms with Gasteiger partial charge in [-0.1, -0.05) is 25.3 Å². The number of ether oxygens (including phenoxy) is 1. The molecule has 0 saturated heterocycles. The summed E-state index contributed by atoms with van der Waals surface area (Å²) in [4.78, 5) is 11.8. The van der Waals surface area contributed by atoms with Crippen LogP contribution in [0.25, 0.3) is 0 Å². The summed E-state index contributed by atoms with van der Waals surface area (Å²) < 4.78 is 19.3. The zero-order valence-electron chi connectivity index (χ0n) is 12.0. The molecule has 0 aromatic heterocycles. The molecular weight excluding hydrogens is 257 g/mol. The van der Waals surface area contributed by atoms with E-state index in [0.29, 0.717) is 19.3 Å². The van der Waals surface area contributed by atoms with Crippen molar-refractivity contribution in [1.82, 2.24) is 5.32 Å². The molecule has 0 unspecified atom stereocenters. The monoisotopic (exact) mass is 279 g/mol. The van der Waals surface area contributed by atoms with Gasteiger partial charge in [0.1, 0.15) is 5.82 Å². The van der Waals surface area contributed by atoms with E-state index in [0.717, 1.165) is 18.4 Å². The van der Waals surface area contributed by atoms with Gasteiger partial charge in [0.25, 0.3) is 5.91 Å². The van der Waals surface area contributed by atoms with Crippen molar-refractivity contribution in [2.45, 2.75) is 45.1 Å². The number of carbonyl (C=O) groups is 1. The molecule has 1 saturated carbocycles. The van der Waals surface area contributed by atoms with Gasteiger partial charge in [-0.05, 0) is 37.5 Å². The minimum absolute atomic E-state index is 0.0910. The van der Waals surface area contributed by atoms with Crippen LogP contribution in [-0.4, -0.2) is 25.2 Å². The first-order valence-electron chi connectivity index (χ1n) is 7.33. The van der Waals surface area contributed by atoms with E-state index in [1.165, 1.54) is 31.4 Å². The third-order valence-electron chi connectivity index (χ3n) is 3.66. The molecule has 1 aromatic carbocycles. The highest BCUT2D eigenvalue weighted by atomic mass is 19.1. The molecule has 0 heterocycles. The van der Waals surface area contributed by atoms with Gasteiger partial charge in [0.05, 0.1) is 18.3 Å². The largest absolute Gasteiger partial charge is 0.376 e. The number of nitrogens with one attached hydrogen (secondary N) is 1. The number of hydrogen-bond acceptors (Lipinski definition) is 2. The van der Waals surface area contributed by atoms with Crippen LogP contribution in [0.4, 0.5) is 4.39 Å². The van der Waals surface area contributed by atoms with Crippen LogP contribution in [0.15, 0.2) is 18.2 Å². The molecule has 4 heteroatoms. The van der Waals surface area contributed by atoms with Crippen molar-refractivity contribution in [3.63, 3.8) is 0 Å². The number of benzene rings is 1. The van der Waals surface area contributed by atoms with Crippen LogP contribution in [0.5, 0.6) is 0 Å². The Morgan fingerprint density at radius 1 is 1.35 bits per heavy atom. The summed E-state index contributed by atoms with van der Waals surface area (Å²) in [6.45, 7) is 2.70. The molecule has 1 aliphatic carbocycles. The molecule has 0 spiro atoms. The van der Waals surface area contributed by atoms with E-state index in [1.807, 2.05) is 0 Å². The Morgan fingerprint density at radius 2 is 2.10 bits per heavy atom. The van der Waals surface area contributed by atoms with Crippen LogP contribution >= 0.6 is 0 Å². The standard InChI is InChI=1S/C16H22FNO2/c1-12-7-8-14(15(17)11-12)16(19)18-9-10-20-13-5-3-2-4-6-13/h7-8,11,13H,2-6,9-10H2,1H3,(H,18,19). The van der Waals surface area contributed by atoms with E-state index >= 15 is 0 Å². The second kappa shape index (κ2) is 7.39. The van der Waals surface area contributed by atoms with E-state index in [1.54, 1.807) is 13.0 Å². The number of carbonyl (C=O) groups excluding carboxylic acids is 1. The van der Waals surface area contributed by atoms with Crippen LogP contribution in [0.2, 0.25) is 0 Å². The fraction of sp³-hybridized carbons (Fsp3) is 0.562. The van der Waals surface area contributed by atoms with Crippen molar-refractivity contribution in [1.29, 1.82) is 0 Å². The van der Waals surface area contributed by atoms with Gasteiger partial charge in [-0.25, -0.2) is 4.39 Å². The smallest absolute Gasteiger partial charge is 0.254 e. The van der Waals surface area contributed by atoms with Gasteiger partial charge in [0, 0.05) is 6.54 Å². The van der Waals surface area contributed by atoms with Crippen LogP contribution in [0.1, 0.15) is 48.0 Å². The normalized spacial score (nSPS) is 16.1. The first kappa shape index (κ1) is 15.0. The molecule has 2 rings (SSSR count). The van der Waals surface area contributed by atoms with Gasteiger partial charge < -0.3 is 10.1 Å². The highest BCUT2D eigenvalue weighted by Crippen LogP contribution is 2.19. The molecular formula is C16H22FNO2. The van der Waals surface area contributed by atoms with Gasteiger partial charge in [0.15, 0.2) is 0 Å². The minimum atomic E-state index is -0.476. The quantitative estimate of drug-likeness (QED) is 0.840. The van der Waals surface area contributed by atoms with Crippen molar-refractivity contribution in [2.24, 2.45) is 0 Å². The Balaban J connectivity index is 1.72. The summed E-state index contributed by atoms with van der Waals surface area (Å²) in [7, 11) is 0. The maximum Gasteiger partial charge on any atom is 0.254 e. The van der Waals surface area contributed by atoms with E-state index in [-0.39, 0.29) is 11.5 Å². The van der Waals surface area contributed by atoms with Crippen molar-refractivity contribution in [3.05, 3.63) is 35.1 Å². The van der Waals surface area contributed by atoms with Crippen molar-refractivity contribution < 1.29 is 13.9 Å². The third kappa shape index (κ3) is 4.30. The van der Waals surface area contributed by atoms with Gasteiger partial charge in [-0.15, -0.1) is 0 Å². The lowest BCUT2D eigenvalue weighted by atomic mass is 9.98. The maximum absolute atomic E-state index is 13.6. The molecule has 3 nitrogen and oxygen atoms in total. The van der Waals surface area contributed by atoms with Crippen molar-refractivity contribution in [3.8, 4) is 0 Å². The first-order valence-corrected chi connectivity index (χ1v) is 7.33. The molecule has 0 atom stereocenters. The molecule has 0 bridgehead atoms. The van der Waals surface area contributed by atoms with E-state index in [2.05, 4.69) is 5.32 Å². The molecule has 20 heavy (non-hydrogen) atoms. The van der Waals surface area contributed by atoms with Gasteiger partial charge in [-0.2, -0.15) is 0 Å². The first-order chi connectivity index (χ1) is 9.66. The van der Waals surface area contributed by atoms with Crippen LogP contribution in [0.3, 0.4) is 0 Å². The summed E-state index contributed by atoms with van der Waals surface area (Å²) in [6.07, 6.45) is 6.30. The predicted octanol–water partition coefficient (Wildman–Crippen LogP) is 3.21. The summed E-state index contributed by atoms with van der Waals surface area (Å²) in [5, 5.41) is 2.69. The molecule has 1 aromatic rings. The lowest BCUT2D eigenvalue weighted by molar-refractivity contribution is 0.0299. The van der Waals surface area contributed by atoms with Gasteiger partial charge >= 0.3 is 0 Å². The second-order valence-corrected chi connectivity index (χ2v) is 5.37. The molecule has 0 radical (unpaired) electrons. The van der Waals surface area contributed by atoms with E-state index < -0.39 is 5.82 Å². The molecule has 110 valence electrons. The number of halogens is 1. The summed E-state index contributed by atoms with van der Waals surface area (Å²) >= 11 is 0. The average molecular weight is 279 g/mol. The highest BCUT2D eigenvalue weighted by molar-refractivity contribution is 5.94. The SMILES string of the molecule is Cc1ccc(C(=O)NCCOC2CCCCC2)c(F)c1. The predicted molar refractivity (Wildman–Crippen MR) is 76.3 cm³/mol. The number of rotatable bonds is 5. The number of hydrogen-bond donors (Lipinski definition) is 1. The topological polar surface area (TPSA) is 38.3 Å². The van der Waals surface area contributed by atoms with Crippen molar-refractivity contribution in [2.75, 3.05) is 13.2 Å². The average Bonchev–Trinajstić information content (AvgIpc) is 2.44. The summed E-state index contributed by atoms with van der Waals surface area (Å²) in [5.74, 6) is -0.856. The molecule has 1 aliphatic rings. The Kier molecular flexibility index (Phi) is 5.53. The fourth-order valence-electron chi connectivity index (χ4n) is 2.52. The molecule has 1 N–H and O–H groups in total. The van der Waals surface area contributed by atoms with Crippen molar-refractivity contribution >= 4 is 5.91 Å². The Labute approximate surface area is 119 Å². The summed E-state index contributed by atoms with van der Waals surface area (Å²) in [6, 6.07) is 4.62. The minimum Gasteiger partial charge on any atom is -0.376 e. The Hall–Kier alpha value is -1.42. The van der Waals surface area contributed by atoms with Gasteiger partial charge in [-0.3, -0.25) is 4.79 Å². The fourth-order valence-corrected chi connectivity index (χ4v) is 2.52. The Morgan fingerprint density at radius 3 is 2.80 bits per heavy atom. The number of aryl methyl sites for hydroxylation is 1.